The standard InChI is InChI=1S/C27H37N3O2/c1-4-6-10-21-11-13-22(14-12-21)26(31)29-23-15-16-25(30-17-8-7-9-18-30)24(19-23)27(32)28-20(3)5-2/h11-16,19-20H,4-10,17-18H2,1-3H3,(H,28,32)(H,29,31)/t20-/m1/s1. The van der Waals surface area contributed by atoms with Gasteiger partial charge in [-0.3, -0.25) is 9.59 Å². The van der Waals surface area contributed by atoms with E-state index in [1.54, 1.807) is 0 Å². The second-order valence-electron chi connectivity index (χ2n) is 8.82. The first-order valence-corrected chi connectivity index (χ1v) is 12.1. The zero-order valence-corrected chi connectivity index (χ0v) is 19.7. The number of rotatable bonds is 9. The van der Waals surface area contributed by atoms with Crippen LogP contribution in [-0.4, -0.2) is 30.9 Å². The normalized spacial score (nSPS) is 14.7. The number of nitrogens with one attached hydrogen (secondary N) is 2. The van der Waals surface area contributed by atoms with Crippen molar-refractivity contribution in [2.24, 2.45) is 0 Å². The average molecular weight is 436 g/mol. The van der Waals surface area contributed by atoms with Gasteiger partial charge in [0.05, 0.1) is 5.56 Å². The van der Waals surface area contributed by atoms with Crippen LogP contribution in [0.4, 0.5) is 11.4 Å². The van der Waals surface area contributed by atoms with Crippen LogP contribution in [0.25, 0.3) is 0 Å². The van der Waals surface area contributed by atoms with Gasteiger partial charge in [0.25, 0.3) is 11.8 Å². The molecule has 0 radical (unpaired) electrons. The van der Waals surface area contributed by atoms with Crippen molar-refractivity contribution in [3.8, 4) is 0 Å². The number of carbonyl (C=O) groups excluding carboxylic acids is 2. The SMILES string of the molecule is CCCCc1ccc(C(=O)Nc2ccc(N3CCCCC3)c(C(=O)N[C@H](C)CC)c2)cc1. The molecule has 0 aliphatic carbocycles. The average Bonchev–Trinajstić information content (AvgIpc) is 2.83. The molecule has 5 heteroatoms. The fraction of sp³-hybridized carbons (Fsp3) is 0.481. The monoisotopic (exact) mass is 435 g/mol. The van der Waals surface area contributed by atoms with Crippen molar-refractivity contribution < 1.29 is 9.59 Å². The number of piperidine rings is 1. The highest BCUT2D eigenvalue weighted by atomic mass is 16.2. The molecule has 1 aliphatic rings. The van der Waals surface area contributed by atoms with E-state index in [4.69, 9.17) is 0 Å². The van der Waals surface area contributed by atoms with Crippen molar-refractivity contribution in [2.45, 2.75) is 71.8 Å². The molecule has 0 aromatic heterocycles. The summed E-state index contributed by atoms with van der Waals surface area (Å²) in [5.74, 6) is -0.248. The first kappa shape index (κ1) is 23.8. The number of unbranched alkanes of at least 4 members (excludes halogenated alkanes) is 1. The summed E-state index contributed by atoms with van der Waals surface area (Å²) in [6, 6.07) is 13.6. The summed E-state index contributed by atoms with van der Waals surface area (Å²) in [5, 5.41) is 6.06. The van der Waals surface area contributed by atoms with Gasteiger partial charge < -0.3 is 15.5 Å². The molecule has 1 heterocycles. The van der Waals surface area contributed by atoms with Crippen LogP contribution in [0.1, 0.15) is 85.6 Å². The molecule has 1 aliphatic heterocycles. The fourth-order valence-electron chi connectivity index (χ4n) is 4.02. The van der Waals surface area contributed by atoms with Crippen LogP contribution in [-0.2, 0) is 6.42 Å². The lowest BCUT2D eigenvalue weighted by molar-refractivity contribution is 0.0938. The number of nitrogens with zero attached hydrogens (tertiary/aromatic N) is 1. The van der Waals surface area contributed by atoms with Crippen molar-refractivity contribution in [1.82, 2.24) is 5.32 Å². The molecule has 0 bridgehead atoms. The Morgan fingerprint density at radius 3 is 2.34 bits per heavy atom. The first-order chi connectivity index (χ1) is 15.5. The fourth-order valence-corrected chi connectivity index (χ4v) is 4.02. The summed E-state index contributed by atoms with van der Waals surface area (Å²) in [5.41, 5.74) is 4.08. The van der Waals surface area contributed by atoms with Gasteiger partial charge in [-0.15, -0.1) is 0 Å². The predicted octanol–water partition coefficient (Wildman–Crippen LogP) is 5.80. The number of amides is 2. The van der Waals surface area contributed by atoms with E-state index in [0.717, 1.165) is 57.3 Å². The molecular formula is C27H37N3O2. The summed E-state index contributed by atoms with van der Waals surface area (Å²) in [6.07, 6.45) is 7.72. The highest BCUT2D eigenvalue weighted by Crippen LogP contribution is 2.28. The molecule has 1 saturated heterocycles. The molecule has 2 aromatic carbocycles. The second-order valence-corrected chi connectivity index (χ2v) is 8.82. The van der Waals surface area contributed by atoms with Gasteiger partial charge in [0.2, 0.25) is 0 Å². The van der Waals surface area contributed by atoms with Crippen LogP contribution in [0.15, 0.2) is 42.5 Å². The van der Waals surface area contributed by atoms with Gasteiger partial charge in [-0.25, -0.2) is 0 Å². The van der Waals surface area contributed by atoms with Crippen molar-refractivity contribution in [2.75, 3.05) is 23.3 Å². The van der Waals surface area contributed by atoms with Crippen LogP contribution in [0, 0.1) is 0 Å². The zero-order valence-electron chi connectivity index (χ0n) is 19.7. The largest absolute Gasteiger partial charge is 0.371 e. The molecule has 0 unspecified atom stereocenters. The quantitative estimate of drug-likeness (QED) is 0.523. The molecule has 1 atom stereocenters. The van der Waals surface area contributed by atoms with Gasteiger partial charge in [0, 0.05) is 36.1 Å². The van der Waals surface area contributed by atoms with Crippen LogP contribution in [0.5, 0.6) is 0 Å². The van der Waals surface area contributed by atoms with E-state index in [0.29, 0.717) is 16.8 Å². The van der Waals surface area contributed by atoms with Crippen molar-refractivity contribution >= 4 is 23.2 Å². The summed E-state index contributed by atoms with van der Waals surface area (Å²) in [7, 11) is 0. The molecule has 5 nitrogen and oxygen atoms in total. The molecule has 172 valence electrons. The van der Waals surface area contributed by atoms with E-state index < -0.39 is 0 Å². The minimum Gasteiger partial charge on any atom is -0.371 e. The van der Waals surface area contributed by atoms with Crippen molar-refractivity contribution in [1.29, 1.82) is 0 Å². The number of carbonyl (C=O) groups is 2. The number of aryl methyl sites for hydroxylation is 1. The maximum atomic E-state index is 13.1. The van der Waals surface area contributed by atoms with Crippen LogP contribution >= 0.6 is 0 Å². The first-order valence-electron chi connectivity index (χ1n) is 12.1. The maximum Gasteiger partial charge on any atom is 0.255 e. The van der Waals surface area contributed by atoms with E-state index in [1.807, 2.05) is 49.4 Å². The number of hydrogen-bond donors (Lipinski definition) is 2. The Kier molecular flexibility index (Phi) is 8.72. The summed E-state index contributed by atoms with van der Waals surface area (Å²) in [6.45, 7) is 8.16. The van der Waals surface area contributed by atoms with Gasteiger partial charge in [-0.1, -0.05) is 32.4 Å². The van der Waals surface area contributed by atoms with E-state index >= 15 is 0 Å². The zero-order chi connectivity index (χ0) is 22.9. The Morgan fingerprint density at radius 1 is 0.969 bits per heavy atom. The number of anilines is 2. The molecule has 2 amide bonds. The topological polar surface area (TPSA) is 61.4 Å². The lowest BCUT2D eigenvalue weighted by atomic mass is 10.0. The Hall–Kier alpha value is -2.82. The lowest BCUT2D eigenvalue weighted by Crippen LogP contribution is -2.35. The molecule has 2 N–H and O–H groups in total. The second kappa shape index (κ2) is 11.7. The molecule has 32 heavy (non-hydrogen) atoms. The Bertz CT molecular complexity index is 902. The van der Waals surface area contributed by atoms with E-state index in [1.165, 1.54) is 12.0 Å². The molecule has 0 saturated carbocycles. The Balaban J connectivity index is 1.79. The molecule has 2 aromatic rings. The van der Waals surface area contributed by atoms with Gasteiger partial charge >= 0.3 is 0 Å². The van der Waals surface area contributed by atoms with E-state index in [-0.39, 0.29) is 17.9 Å². The van der Waals surface area contributed by atoms with Crippen molar-refractivity contribution in [3.63, 3.8) is 0 Å². The third-order valence-corrected chi connectivity index (χ3v) is 6.22. The number of benzene rings is 2. The molecule has 1 fully saturated rings. The third-order valence-electron chi connectivity index (χ3n) is 6.22. The minimum absolute atomic E-state index is 0.0868. The highest BCUT2D eigenvalue weighted by molar-refractivity contribution is 6.06. The highest BCUT2D eigenvalue weighted by Gasteiger charge is 2.20. The molecular weight excluding hydrogens is 398 g/mol. The molecule has 0 spiro atoms. The van der Waals surface area contributed by atoms with Crippen molar-refractivity contribution in [3.05, 3.63) is 59.2 Å². The Labute approximate surface area is 192 Å². The van der Waals surface area contributed by atoms with Crippen LogP contribution < -0.4 is 15.5 Å². The third kappa shape index (κ3) is 6.35. The van der Waals surface area contributed by atoms with E-state index in [2.05, 4.69) is 29.4 Å². The predicted molar refractivity (Wildman–Crippen MR) is 133 cm³/mol. The number of hydrogen-bond acceptors (Lipinski definition) is 3. The summed E-state index contributed by atoms with van der Waals surface area (Å²) >= 11 is 0. The van der Waals surface area contributed by atoms with Gasteiger partial charge in [-0.2, -0.15) is 0 Å². The molecule has 3 rings (SSSR count). The van der Waals surface area contributed by atoms with Gasteiger partial charge in [0.15, 0.2) is 0 Å². The van der Waals surface area contributed by atoms with Gasteiger partial charge in [0.1, 0.15) is 0 Å². The van der Waals surface area contributed by atoms with E-state index in [9.17, 15) is 9.59 Å². The maximum absolute atomic E-state index is 13.1. The smallest absolute Gasteiger partial charge is 0.255 e. The minimum atomic E-state index is -0.161. The van der Waals surface area contributed by atoms with Gasteiger partial charge in [-0.05, 0) is 81.3 Å². The lowest BCUT2D eigenvalue weighted by Gasteiger charge is -2.31. The van der Waals surface area contributed by atoms with Crippen LogP contribution in [0.2, 0.25) is 0 Å². The summed E-state index contributed by atoms with van der Waals surface area (Å²) in [4.78, 5) is 28.2. The van der Waals surface area contributed by atoms with Crippen LogP contribution in [0.3, 0.4) is 0 Å². The Morgan fingerprint density at radius 2 is 1.69 bits per heavy atom. The summed E-state index contributed by atoms with van der Waals surface area (Å²) < 4.78 is 0.